The third-order valence-corrected chi connectivity index (χ3v) is 6.38. The van der Waals surface area contributed by atoms with Gasteiger partial charge in [0.2, 0.25) is 0 Å². The standard InChI is InChI=1S/C17H17F3N6O2S/c1-3-29(27,28)12-6-10(22-9-4-5-9)8-21-14(12)16-23-11-7-13(17(18,19)20)24-25-15(11)26(16)2/h6-9,22H,3-5H2,1-2H3. The Morgan fingerprint density at radius 2 is 1.97 bits per heavy atom. The van der Waals surface area contributed by atoms with Crippen LogP contribution in [0.2, 0.25) is 0 Å². The molecule has 8 nitrogen and oxygen atoms in total. The second kappa shape index (κ2) is 6.65. The monoisotopic (exact) mass is 426 g/mol. The number of hydrogen-bond acceptors (Lipinski definition) is 7. The number of anilines is 1. The van der Waals surface area contributed by atoms with E-state index in [1.54, 1.807) is 0 Å². The van der Waals surface area contributed by atoms with Gasteiger partial charge in [-0.1, -0.05) is 6.92 Å². The van der Waals surface area contributed by atoms with Crippen LogP contribution in [0.15, 0.2) is 23.2 Å². The van der Waals surface area contributed by atoms with Crippen LogP contribution in [0.4, 0.5) is 18.9 Å². The summed E-state index contributed by atoms with van der Waals surface area (Å²) in [6.45, 7) is 1.51. The number of alkyl halides is 3. The Kier molecular flexibility index (Phi) is 4.48. The lowest BCUT2D eigenvalue weighted by atomic mass is 10.3. The Morgan fingerprint density at radius 1 is 1.24 bits per heavy atom. The van der Waals surface area contributed by atoms with Gasteiger partial charge in [0, 0.05) is 19.2 Å². The van der Waals surface area contributed by atoms with E-state index in [-0.39, 0.29) is 33.3 Å². The summed E-state index contributed by atoms with van der Waals surface area (Å²) in [5.41, 5.74) is -0.502. The lowest BCUT2D eigenvalue weighted by Crippen LogP contribution is -2.11. The van der Waals surface area contributed by atoms with Gasteiger partial charge in [-0.05, 0) is 18.9 Å². The summed E-state index contributed by atoms with van der Waals surface area (Å²) in [7, 11) is -2.15. The van der Waals surface area contributed by atoms with Crippen molar-refractivity contribution in [1.82, 2.24) is 24.7 Å². The molecule has 0 bridgehead atoms. The average Bonchev–Trinajstić information content (AvgIpc) is 3.42. The predicted octanol–water partition coefficient (Wildman–Crippen LogP) is 2.81. The van der Waals surface area contributed by atoms with E-state index in [0.717, 1.165) is 18.9 Å². The zero-order valence-electron chi connectivity index (χ0n) is 15.5. The third-order valence-electron chi connectivity index (χ3n) is 4.63. The Labute approximate surface area is 164 Å². The molecule has 4 rings (SSSR count). The van der Waals surface area contributed by atoms with E-state index in [2.05, 4.69) is 25.5 Å². The number of rotatable bonds is 5. The highest BCUT2D eigenvalue weighted by Crippen LogP contribution is 2.33. The summed E-state index contributed by atoms with van der Waals surface area (Å²) < 4.78 is 65.5. The molecule has 1 N–H and O–H groups in total. The summed E-state index contributed by atoms with van der Waals surface area (Å²) in [6, 6.07) is 2.57. The minimum Gasteiger partial charge on any atom is -0.381 e. The van der Waals surface area contributed by atoms with Crippen molar-refractivity contribution in [3.63, 3.8) is 0 Å². The van der Waals surface area contributed by atoms with Gasteiger partial charge in [-0.2, -0.15) is 13.2 Å². The normalized spacial score (nSPS) is 15.1. The highest BCUT2D eigenvalue weighted by Gasteiger charge is 2.34. The lowest BCUT2D eigenvalue weighted by Gasteiger charge is -2.11. The molecule has 0 atom stereocenters. The molecule has 0 aliphatic heterocycles. The number of nitrogens with zero attached hydrogens (tertiary/aromatic N) is 5. The van der Waals surface area contributed by atoms with Gasteiger partial charge >= 0.3 is 6.18 Å². The Morgan fingerprint density at radius 3 is 2.59 bits per heavy atom. The number of pyridine rings is 1. The average molecular weight is 426 g/mol. The van der Waals surface area contributed by atoms with Gasteiger partial charge in [-0.15, -0.1) is 10.2 Å². The molecule has 12 heteroatoms. The number of nitrogens with one attached hydrogen (secondary N) is 1. The van der Waals surface area contributed by atoms with E-state index in [9.17, 15) is 21.6 Å². The number of halogens is 3. The molecule has 3 aromatic heterocycles. The molecule has 1 saturated carbocycles. The Hall–Kier alpha value is -2.76. The molecular formula is C17H17F3N6O2S. The Bertz CT molecular complexity index is 1200. The van der Waals surface area contributed by atoms with Crippen molar-refractivity contribution in [3.05, 3.63) is 24.0 Å². The van der Waals surface area contributed by atoms with E-state index in [4.69, 9.17) is 0 Å². The summed E-state index contributed by atoms with van der Waals surface area (Å²) in [5, 5.41) is 10.0. The molecule has 29 heavy (non-hydrogen) atoms. The van der Waals surface area contributed by atoms with Crippen molar-refractivity contribution in [2.45, 2.75) is 36.9 Å². The van der Waals surface area contributed by atoms with Gasteiger partial charge in [-0.3, -0.25) is 0 Å². The second-order valence-corrected chi connectivity index (χ2v) is 9.07. The molecular weight excluding hydrogens is 409 g/mol. The number of aryl methyl sites for hydroxylation is 1. The second-order valence-electron chi connectivity index (χ2n) is 6.82. The van der Waals surface area contributed by atoms with Gasteiger partial charge in [0.1, 0.15) is 11.2 Å². The van der Waals surface area contributed by atoms with Crippen LogP contribution in [0, 0.1) is 0 Å². The maximum atomic E-state index is 12.9. The van der Waals surface area contributed by atoms with Crippen LogP contribution in [0.1, 0.15) is 25.5 Å². The lowest BCUT2D eigenvalue weighted by molar-refractivity contribution is -0.141. The van der Waals surface area contributed by atoms with E-state index in [0.29, 0.717) is 11.7 Å². The molecule has 0 aromatic carbocycles. The van der Waals surface area contributed by atoms with E-state index >= 15 is 0 Å². The van der Waals surface area contributed by atoms with E-state index in [1.807, 2.05) is 0 Å². The van der Waals surface area contributed by atoms with Crippen molar-refractivity contribution in [2.75, 3.05) is 11.1 Å². The van der Waals surface area contributed by atoms with Crippen LogP contribution >= 0.6 is 0 Å². The van der Waals surface area contributed by atoms with Gasteiger partial charge < -0.3 is 9.88 Å². The van der Waals surface area contributed by atoms with Crippen LogP contribution in [0.5, 0.6) is 0 Å². The maximum absolute atomic E-state index is 12.9. The van der Waals surface area contributed by atoms with Crippen molar-refractivity contribution in [3.8, 4) is 11.5 Å². The highest BCUT2D eigenvalue weighted by atomic mass is 32.2. The van der Waals surface area contributed by atoms with Crippen LogP contribution < -0.4 is 5.32 Å². The molecule has 0 saturated heterocycles. The highest BCUT2D eigenvalue weighted by molar-refractivity contribution is 7.91. The molecule has 154 valence electrons. The molecule has 1 aliphatic carbocycles. The van der Waals surface area contributed by atoms with Crippen molar-refractivity contribution in [2.24, 2.45) is 7.05 Å². The molecule has 0 radical (unpaired) electrons. The first-order valence-electron chi connectivity index (χ1n) is 8.87. The first-order valence-corrected chi connectivity index (χ1v) is 10.5. The number of aromatic nitrogens is 5. The molecule has 3 heterocycles. The van der Waals surface area contributed by atoms with Crippen molar-refractivity contribution >= 4 is 26.7 Å². The largest absolute Gasteiger partial charge is 0.435 e. The SMILES string of the molecule is CCS(=O)(=O)c1cc(NC2CC2)cnc1-c1nc2cc(C(F)(F)F)nnc2n1C. The fourth-order valence-corrected chi connectivity index (χ4v) is 3.94. The first-order chi connectivity index (χ1) is 13.6. The third kappa shape index (κ3) is 3.63. The molecule has 3 aromatic rings. The number of hydrogen-bond donors (Lipinski definition) is 1. The summed E-state index contributed by atoms with van der Waals surface area (Å²) in [5.74, 6) is -0.0603. The summed E-state index contributed by atoms with van der Waals surface area (Å²) >= 11 is 0. The molecule has 1 fully saturated rings. The van der Waals surface area contributed by atoms with Crippen molar-refractivity contribution in [1.29, 1.82) is 0 Å². The van der Waals surface area contributed by atoms with E-state index < -0.39 is 21.7 Å². The maximum Gasteiger partial charge on any atom is 0.435 e. The first kappa shape index (κ1) is 19.6. The quantitative estimate of drug-likeness (QED) is 0.669. The number of imidazole rings is 1. The Balaban J connectivity index is 1.89. The molecule has 0 amide bonds. The minimum absolute atomic E-state index is 0.0342. The zero-order chi connectivity index (χ0) is 21.0. The van der Waals surface area contributed by atoms with Gasteiger partial charge in [0.25, 0.3) is 0 Å². The molecule has 1 aliphatic rings. The molecule has 0 spiro atoms. The predicted molar refractivity (Wildman–Crippen MR) is 98.9 cm³/mol. The topological polar surface area (TPSA) is 103 Å². The van der Waals surface area contributed by atoms with Crippen molar-refractivity contribution < 1.29 is 21.6 Å². The van der Waals surface area contributed by atoms with Gasteiger partial charge in [0.15, 0.2) is 27.0 Å². The number of sulfone groups is 1. The fourth-order valence-electron chi connectivity index (χ4n) is 2.88. The summed E-state index contributed by atoms with van der Waals surface area (Å²) in [4.78, 5) is 8.42. The van der Waals surface area contributed by atoms with Crippen LogP contribution in [0.25, 0.3) is 22.7 Å². The zero-order valence-corrected chi connectivity index (χ0v) is 16.3. The van der Waals surface area contributed by atoms with Crippen LogP contribution in [-0.4, -0.2) is 44.9 Å². The van der Waals surface area contributed by atoms with Gasteiger partial charge in [-0.25, -0.2) is 18.4 Å². The smallest absolute Gasteiger partial charge is 0.381 e. The fraction of sp³-hybridized carbons (Fsp3) is 0.412. The van der Waals surface area contributed by atoms with Crippen LogP contribution in [0.3, 0.4) is 0 Å². The van der Waals surface area contributed by atoms with Gasteiger partial charge in [0.05, 0.1) is 22.5 Å². The van der Waals surface area contributed by atoms with Crippen LogP contribution in [-0.2, 0) is 23.1 Å². The minimum atomic E-state index is -4.66. The molecule has 0 unspecified atom stereocenters. The number of fused-ring (bicyclic) bond motifs is 1. The van der Waals surface area contributed by atoms with E-state index in [1.165, 1.54) is 30.8 Å². The summed E-state index contributed by atoms with van der Waals surface area (Å²) in [6.07, 6.45) is -1.16.